The number of methoxy groups -OCH3 is 1. The molecule has 0 heterocycles. The van der Waals surface area contributed by atoms with Gasteiger partial charge >= 0.3 is 12.3 Å². The lowest BCUT2D eigenvalue weighted by atomic mass is 10.1. The summed E-state index contributed by atoms with van der Waals surface area (Å²) in [6.45, 7) is 1.41. The summed E-state index contributed by atoms with van der Waals surface area (Å²) in [7, 11) is 1.42. The van der Waals surface area contributed by atoms with Gasteiger partial charge in [-0.05, 0) is 24.6 Å². The quantitative estimate of drug-likeness (QED) is 0.842. The van der Waals surface area contributed by atoms with Gasteiger partial charge in [-0.15, -0.1) is 0 Å². The highest BCUT2D eigenvalue weighted by molar-refractivity contribution is 5.84. The molecule has 1 aromatic carbocycles. The van der Waals surface area contributed by atoms with Gasteiger partial charge in [-0.3, -0.25) is 4.79 Å². The van der Waals surface area contributed by atoms with Gasteiger partial charge in [-0.2, -0.15) is 8.78 Å². The van der Waals surface area contributed by atoms with Gasteiger partial charge in [0.1, 0.15) is 5.75 Å². The minimum Gasteiger partial charge on any atom is -0.497 e. The Morgan fingerprint density at radius 1 is 1.37 bits per heavy atom. The van der Waals surface area contributed by atoms with Crippen LogP contribution in [0.15, 0.2) is 24.3 Å². The van der Waals surface area contributed by atoms with Crippen LogP contribution in [-0.2, 0) is 4.79 Å². The second-order valence-electron chi connectivity index (χ2n) is 3.90. The number of amides is 1. The van der Waals surface area contributed by atoms with Crippen LogP contribution in [0.3, 0.4) is 0 Å². The molecule has 0 bridgehead atoms. The number of alkyl halides is 4. The molecule has 0 aliphatic carbocycles. The van der Waals surface area contributed by atoms with Crippen molar-refractivity contribution in [2.75, 3.05) is 7.11 Å². The van der Waals surface area contributed by atoms with E-state index in [1.807, 2.05) is 5.32 Å². The van der Waals surface area contributed by atoms with E-state index in [0.29, 0.717) is 11.3 Å². The smallest absolute Gasteiger partial charge is 0.383 e. The van der Waals surface area contributed by atoms with Gasteiger partial charge in [0.2, 0.25) is 0 Å². The van der Waals surface area contributed by atoms with Crippen molar-refractivity contribution >= 4 is 5.91 Å². The normalized spacial score (nSPS) is 13.2. The molecule has 0 saturated heterocycles. The molecule has 3 nitrogen and oxygen atoms in total. The third-order valence-electron chi connectivity index (χ3n) is 2.52. The van der Waals surface area contributed by atoms with Gasteiger partial charge in [0.15, 0.2) is 0 Å². The minimum atomic E-state index is -4.70. The van der Waals surface area contributed by atoms with Crippen LogP contribution in [0.2, 0.25) is 0 Å². The number of halogens is 4. The predicted molar refractivity (Wildman–Crippen MR) is 60.5 cm³/mol. The largest absolute Gasteiger partial charge is 0.497 e. The van der Waals surface area contributed by atoms with Crippen LogP contribution in [0.25, 0.3) is 0 Å². The Morgan fingerprint density at radius 2 is 2.00 bits per heavy atom. The number of ether oxygens (including phenoxy) is 1. The first-order valence-corrected chi connectivity index (χ1v) is 5.40. The molecule has 1 N–H and O–H groups in total. The van der Waals surface area contributed by atoms with E-state index < -0.39 is 24.3 Å². The van der Waals surface area contributed by atoms with E-state index in [9.17, 15) is 22.4 Å². The van der Waals surface area contributed by atoms with Crippen LogP contribution < -0.4 is 10.1 Å². The fraction of sp³-hybridized carbons (Fsp3) is 0.417. The Balaban J connectivity index is 2.79. The lowest BCUT2D eigenvalue weighted by Gasteiger charge is -2.19. The molecule has 1 rings (SSSR count). The van der Waals surface area contributed by atoms with Gasteiger partial charge in [-0.1, -0.05) is 12.1 Å². The summed E-state index contributed by atoms with van der Waals surface area (Å²) in [5.74, 6) is -6.23. The van der Waals surface area contributed by atoms with Crippen LogP contribution >= 0.6 is 0 Å². The summed E-state index contributed by atoms with van der Waals surface area (Å²) in [5.41, 5.74) is 0.470. The molecule has 0 aliphatic rings. The number of nitrogens with one attached hydrogen (secondary N) is 1. The van der Waals surface area contributed by atoms with Gasteiger partial charge in [0.05, 0.1) is 13.2 Å². The van der Waals surface area contributed by atoms with Crippen molar-refractivity contribution in [1.82, 2.24) is 5.32 Å². The van der Waals surface area contributed by atoms with Crippen LogP contribution in [0.4, 0.5) is 17.6 Å². The second-order valence-corrected chi connectivity index (χ2v) is 3.90. The van der Waals surface area contributed by atoms with E-state index in [4.69, 9.17) is 4.74 Å². The van der Waals surface area contributed by atoms with Crippen LogP contribution in [-0.4, -0.2) is 25.4 Å². The Bertz CT molecular complexity index is 451. The maximum absolute atomic E-state index is 12.8. The zero-order chi connectivity index (χ0) is 14.6. The number of carbonyl (C=O) groups is 1. The zero-order valence-electron chi connectivity index (χ0n) is 10.3. The molecule has 1 aromatic rings. The highest BCUT2D eigenvalue weighted by atomic mass is 19.3. The zero-order valence-corrected chi connectivity index (χ0v) is 10.3. The molecule has 0 unspecified atom stereocenters. The lowest BCUT2D eigenvalue weighted by molar-refractivity contribution is -0.170. The molecule has 19 heavy (non-hydrogen) atoms. The fourth-order valence-corrected chi connectivity index (χ4v) is 1.39. The number of benzene rings is 1. The van der Waals surface area contributed by atoms with Gasteiger partial charge in [0, 0.05) is 0 Å². The van der Waals surface area contributed by atoms with E-state index in [1.165, 1.54) is 20.1 Å². The van der Waals surface area contributed by atoms with Crippen molar-refractivity contribution in [1.29, 1.82) is 0 Å². The van der Waals surface area contributed by atoms with Crippen molar-refractivity contribution in [3.05, 3.63) is 29.8 Å². The first-order valence-electron chi connectivity index (χ1n) is 5.40. The average Bonchev–Trinajstić information content (AvgIpc) is 2.38. The third-order valence-corrected chi connectivity index (χ3v) is 2.52. The van der Waals surface area contributed by atoms with Crippen LogP contribution in [0.1, 0.15) is 18.5 Å². The van der Waals surface area contributed by atoms with Gasteiger partial charge < -0.3 is 10.1 Å². The Kier molecular flexibility index (Phi) is 4.74. The van der Waals surface area contributed by atoms with E-state index in [2.05, 4.69) is 0 Å². The molecule has 1 atom stereocenters. The molecular weight excluding hydrogens is 266 g/mol. The van der Waals surface area contributed by atoms with Crippen molar-refractivity contribution in [2.24, 2.45) is 0 Å². The molecule has 0 radical (unpaired) electrons. The number of hydrogen-bond acceptors (Lipinski definition) is 2. The Hall–Kier alpha value is -1.79. The number of rotatable bonds is 5. The SMILES string of the molecule is COc1cccc([C@@H](C)NC(=O)C(F)(F)C(F)F)c1. The predicted octanol–water partition coefficient (Wildman–Crippen LogP) is 2.77. The Morgan fingerprint density at radius 3 is 2.53 bits per heavy atom. The summed E-state index contributed by atoms with van der Waals surface area (Å²) < 4.78 is 54.5. The highest BCUT2D eigenvalue weighted by Crippen LogP contribution is 2.25. The molecule has 106 valence electrons. The minimum absolute atomic E-state index is 0.470. The van der Waals surface area contributed by atoms with E-state index in [-0.39, 0.29) is 0 Å². The molecule has 7 heteroatoms. The molecule has 0 aromatic heterocycles. The Labute approximate surface area is 107 Å². The first kappa shape index (κ1) is 15.3. The number of hydrogen-bond donors (Lipinski definition) is 1. The maximum Gasteiger partial charge on any atom is 0.383 e. The number of carbonyl (C=O) groups excluding carboxylic acids is 1. The topological polar surface area (TPSA) is 38.3 Å². The first-order chi connectivity index (χ1) is 8.78. The fourth-order valence-electron chi connectivity index (χ4n) is 1.39. The molecule has 0 aliphatic heterocycles. The summed E-state index contributed by atoms with van der Waals surface area (Å²) in [4.78, 5) is 11.1. The van der Waals surface area contributed by atoms with Gasteiger partial charge in [-0.25, -0.2) is 8.78 Å². The van der Waals surface area contributed by atoms with E-state index in [0.717, 1.165) is 0 Å². The lowest BCUT2D eigenvalue weighted by Crippen LogP contribution is -2.45. The van der Waals surface area contributed by atoms with Crippen molar-refractivity contribution in [3.63, 3.8) is 0 Å². The summed E-state index contributed by atoms with van der Waals surface area (Å²) >= 11 is 0. The highest BCUT2D eigenvalue weighted by Gasteiger charge is 2.49. The molecule has 0 spiro atoms. The van der Waals surface area contributed by atoms with Crippen molar-refractivity contribution in [3.8, 4) is 5.75 Å². The summed E-state index contributed by atoms with van der Waals surface area (Å²) in [5, 5.41) is 1.84. The van der Waals surface area contributed by atoms with Gasteiger partial charge in [0.25, 0.3) is 5.91 Å². The second kappa shape index (κ2) is 5.90. The summed E-state index contributed by atoms with van der Waals surface area (Å²) in [6, 6.07) is 5.47. The summed E-state index contributed by atoms with van der Waals surface area (Å²) in [6.07, 6.45) is -4.04. The molecular formula is C12H13F4NO2. The van der Waals surface area contributed by atoms with Crippen LogP contribution in [0.5, 0.6) is 5.75 Å². The standard InChI is InChI=1S/C12H13F4NO2/c1-7(8-4-3-5-9(6-8)19-2)17-11(18)12(15,16)10(13)14/h3-7,10H,1-2H3,(H,17,18)/t7-/m1/s1. The maximum atomic E-state index is 12.8. The third kappa shape index (κ3) is 3.59. The van der Waals surface area contributed by atoms with Crippen molar-refractivity contribution < 1.29 is 27.1 Å². The molecule has 1 amide bonds. The average molecular weight is 279 g/mol. The van der Waals surface area contributed by atoms with Crippen LogP contribution in [0, 0.1) is 0 Å². The van der Waals surface area contributed by atoms with E-state index >= 15 is 0 Å². The molecule has 0 fully saturated rings. The van der Waals surface area contributed by atoms with E-state index in [1.54, 1.807) is 18.2 Å². The van der Waals surface area contributed by atoms with Crippen molar-refractivity contribution in [2.45, 2.75) is 25.3 Å². The molecule has 0 saturated carbocycles. The monoisotopic (exact) mass is 279 g/mol.